The number of nitrogens with zero attached hydrogens (tertiary/aromatic N) is 3. The minimum atomic E-state index is 0.140. The zero-order chi connectivity index (χ0) is 14.3. The molecule has 3 rings (SSSR count). The fourth-order valence-corrected chi connectivity index (χ4v) is 4.18. The Labute approximate surface area is 124 Å². The number of carbonyl (C=O) groups is 1. The Bertz CT molecular complexity index is 515. The summed E-state index contributed by atoms with van der Waals surface area (Å²) in [6.45, 7) is 3.63. The number of hydrogen-bond donors (Lipinski definition) is 1. The normalized spacial score (nSPS) is 26.6. The Morgan fingerprint density at radius 2 is 2.10 bits per heavy atom. The molecule has 1 N–H and O–H groups in total. The van der Waals surface area contributed by atoms with Gasteiger partial charge >= 0.3 is 0 Å². The Morgan fingerprint density at radius 3 is 2.85 bits per heavy atom. The van der Waals surface area contributed by atoms with Gasteiger partial charge < -0.3 is 10.2 Å². The number of carbonyl (C=O) groups excluding carboxylic acids is 1. The van der Waals surface area contributed by atoms with Crippen LogP contribution in [0.5, 0.6) is 0 Å². The highest BCUT2D eigenvalue weighted by Gasteiger charge is 2.37. The van der Waals surface area contributed by atoms with Gasteiger partial charge in [0.25, 0.3) is 5.91 Å². The quantitative estimate of drug-likeness (QED) is 0.903. The number of hydrogen-bond acceptors (Lipinski definition) is 5. The summed E-state index contributed by atoms with van der Waals surface area (Å²) in [4.78, 5) is 17.3. The van der Waals surface area contributed by atoms with Crippen LogP contribution in [-0.4, -0.2) is 59.3 Å². The number of likely N-dealkylation sites (N-methyl/N-ethyl adjacent to an activating group) is 1. The molecular weight excluding hydrogens is 272 g/mol. The van der Waals surface area contributed by atoms with Gasteiger partial charge in [0.2, 0.25) is 0 Å². The van der Waals surface area contributed by atoms with Crippen LogP contribution < -0.4 is 5.32 Å². The van der Waals surface area contributed by atoms with Gasteiger partial charge in [-0.05, 0) is 44.8 Å². The van der Waals surface area contributed by atoms with E-state index in [2.05, 4.69) is 21.6 Å². The number of rotatable bonds is 2. The van der Waals surface area contributed by atoms with Crippen LogP contribution in [0, 0.1) is 6.92 Å². The van der Waals surface area contributed by atoms with Crippen LogP contribution in [0.3, 0.4) is 0 Å². The van der Waals surface area contributed by atoms with Gasteiger partial charge in [-0.1, -0.05) is 0 Å². The number of aryl methyl sites for hydroxylation is 1. The molecule has 0 saturated carbocycles. The lowest BCUT2D eigenvalue weighted by Gasteiger charge is -2.26. The summed E-state index contributed by atoms with van der Waals surface area (Å²) in [6.07, 6.45) is 3.58. The second kappa shape index (κ2) is 5.33. The van der Waals surface area contributed by atoms with Crippen molar-refractivity contribution in [3.05, 3.63) is 11.3 Å². The number of nitrogens with one attached hydrogen (secondary N) is 1. The van der Waals surface area contributed by atoms with Crippen molar-refractivity contribution in [2.24, 2.45) is 0 Å². The predicted octanol–water partition coefficient (Wildman–Crippen LogP) is 1.80. The zero-order valence-electron chi connectivity index (χ0n) is 12.3. The lowest BCUT2D eigenvalue weighted by atomic mass is 10.1. The molecule has 2 unspecified atom stereocenters. The third-order valence-corrected chi connectivity index (χ3v) is 5.70. The van der Waals surface area contributed by atoms with E-state index in [0.29, 0.717) is 12.1 Å². The Morgan fingerprint density at radius 1 is 1.35 bits per heavy atom. The second-order valence-corrected chi connectivity index (χ2v) is 6.59. The molecule has 3 heterocycles. The minimum Gasteiger partial charge on any atom is -0.378 e. The van der Waals surface area contributed by atoms with E-state index in [0.717, 1.165) is 35.8 Å². The van der Waals surface area contributed by atoms with Crippen LogP contribution in [-0.2, 0) is 0 Å². The van der Waals surface area contributed by atoms with Gasteiger partial charge in [-0.2, -0.15) is 4.37 Å². The van der Waals surface area contributed by atoms with E-state index in [1.165, 1.54) is 24.4 Å². The summed E-state index contributed by atoms with van der Waals surface area (Å²) in [5, 5.41) is 3.98. The van der Waals surface area contributed by atoms with Crippen molar-refractivity contribution in [3.63, 3.8) is 0 Å². The van der Waals surface area contributed by atoms with Crippen LogP contribution in [0.4, 0.5) is 5.00 Å². The predicted molar refractivity (Wildman–Crippen MR) is 81.5 cm³/mol. The third-order valence-electron chi connectivity index (χ3n) is 4.74. The van der Waals surface area contributed by atoms with E-state index in [1.54, 1.807) is 0 Å². The fourth-order valence-electron chi connectivity index (χ4n) is 3.44. The maximum absolute atomic E-state index is 12.8. The molecule has 2 bridgehead atoms. The van der Waals surface area contributed by atoms with Gasteiger partial charge in [-0.15, -0.1) is 0 Å². The van der Waals surface area contributed by atoms with E-state index in [1.807, 2.05) is 18.9 Å². The van der Waals surface area contributed by atoms with Crippen molar-refractivity contribution in [2.45, 2.75) is 38.3 Å². The largest absolute Gasteiger partial charge is 0.378 e. The molecule has 2 atom stereocenters. The number of anilines is 1. The molecule has 110 valence electrons. The minimum absolute atomic E-state index is 0.140. The highest BCUT2D eigenvalue weighted by Crippen LogP contribution is 2.31. The van der Waals surface area contributed by atoms with Crippen LogP contribution >= 0.6 is 11.5 Å². The van der Waals surface area contributed by atoms with Crippen LogP contribution in [0.2, 0.25) is 0 Å². The highest BCUT2D eigenvalue weighted by atomic mass is 32.1. The lowest BCUT2D eigenvalue weighted by molar-refractivity contribution is 0.0740. The van der Waals surface area contributed by atoms with Gasteiger partial charge in [0, 0.05) is 32.2 Å². The van der Waals surface area contributed by atoms with Gasteiger partial charge in [-0.3, -0.25) is 9.69 Å². The van der Waals surface area contributed by atoms with Crippen molar-refractivity contribution < 1.29 is 4.79 Å². The SMILES string of the molecule is CNc1snc(C)c1C(=O)N1CCC2CCC(C1)N2C. The van der Waals surface area contributed by atoms with Gasteiger partial charge in [-0.25, -0.2) is 0 Å². The Hall–Kier alpha value is -1.14. The fraction of sp³-hybridized carbons (Fsp3) is 0.714. The summed E-state index contributed by atoms with van der Waals surface area (Å²) >= 11 is 1.37. The lowest BCUT2D eigenvalue weighted by Crippen LogP contribution is -2.40. The first-order chi connectivity index (χ1) is 9.61. The first kappa shape index (κ1) is 13.8. The zero-order valence-corrected chi connectivity index (χ0v) is 13.2. The maximum atomic E-state index is 12.8. The molecule has 2 saturated heterocycles. The first-order valence-electron chi connectivity index (χ1n) is 7.27. The molecule has 1 amide bonds. The first-order valence-corrected chi connectivity index (χ1v) is 8.04. The molecule has 20 heavy (non-hydrogen) atoms. The molecule has 6 heteroatoms. The summed E-state index contributed by atoms with van der Waals surface area (Å²) in [5.41, 5.74) is 1.60. The van der Waals surface area contributed by atoms with E-state index in [9.17, 15) is 4.79 Å². The molecule has 0 radical (unpaired) electrons. The average molecular weight is 294 g/mol. The summed E-state index contributed by atoms with van der Waals surface area (Å²) in [6, 6.07) is 1.18. The molecule has 1 aromatic heterocycles. The average Bonchev–Trinajstić information content (AvgIpc) is 2.90. The Kier molecular flexibility index (Phi) is 3.69. The number of likely N-dealkylation sites (tertiary alicyclic amines) is 1. The standard InChI is InChI=1S/C14H22N4OS/c1-9-12(13(15-2)20-16-9)14(19)18-7-6-10-4-5-11(8-18)17(10)3/h10-11,15H,4-8H2,1-3H3. The molecule has 1 aromatic rings. The summed E-state index contributed by atoms with van der Waals surface area (Å²) < 4.78 is 4.31. The molecule has 5 nitrogen and oxygen atoms in total. The highest BCUT2D eigenvalue weighted by molar-refractivity contribution is 7.10. The van der Waals surface area contributed by atoms with E-state index in [4.69, 9.17) is 0 Å². The van der Waals surface area contributed by atoms with E-state index < -0.39 is 0 Å². The number of fused-ring (bicyclic) bond motifs is 2. The Balaban J connectivity index is 1.82. The summed E-state index contributed by atoms with van der Waals surface area (Å²) in [5.74, 6) is 0.140. The molecule has 0 aromatic carbocycles. The van der Waals surface area contributed by atoms with Gasteiger partial charge in [0.1, 0.15) is 5.00 Å². The van der Waals surface area contributed by atoms with Crippen molar-refractivity contribution in [1.29, 1.82) is 0 Å². The van der Waals surface area contributed by atoms with Gasteiger partial charge in [0.05, 0.1) is 11.3 Å². The smallest absolute Gasteiger partial charge is 0.258 e. The number of aromatic nitrogens is 1. The third kappa shape index (κ3) is 2.20. The van der Waals surface area contributed by atoms with Gasteiger partial charge in [0.15, 0.2) is 0 Å². The second-order valence-electron chi connectivity index (χ2n) is 5.81. The molecule has 2 fully saturated rings. The molecule has 2 aliphatic rings. The topological polar surface area (TPSA) is 48.5 Å². The van der Waals surface area contributed by atoms with Crippen molar-refractivity contribution in [1.82, 2.24) is 14.2 Å². The molecular formula is C14H22N4OS. The molecule has 0 aliphatic carbocycles. The van der Waals surface area contributed by atoms with Crippen LogP contribution in [0.15, 0.2) is 0 Å². The molecule has 2 aliphatic heterocycles. The molecule has 0 spiro atoms. The maximum Gasteiger partial charge on any atom is 0.258 e. The van der Waals surface area contributed by atoms with Crippen molar-refractivity contribution in [3.8, 4) is 0 Å². The monoisotopic (exact) mass is 294 g/mol. The van der Waals surface area contributed by atoms with Crippen LogP contribution in [0.1, 0.15) is 35.3 Å². The van der Waals surface area contributed by atoms with E-state index >= 15 is 0 Å². The van der Waals surface area contributed by atoms with E-state index in [-0.39, 0.29) is 5.91 Å². The van der Waals surface area contributed by atoms with Crippen LogP contribution in [0.25, 0.3) is 0 Å². The van der Waals surface area contributed by atoms with Crippen molar-refractivity contribution >= 4 is 22.4 Å². The summed E-state index contributed by atoms with van der Waals surface area (Å²) in [7, 11) is 4.05. The number of amides is 1. The van der Waals surface area contributed by atoms with Crippen molar-refractivity contribution in [2.75, 3.05) is 32.5 Å².